The van der Waals surface area contributed by atoms with E-state index < -0.39 is 35.6 Å². The molecule has 2 aliphatic rings. The number of ketones is 1. The van der Waals surface area contributed by atoms with Gasteiger partial charge in [-0.15, -0.1) is 11.3 Å². The highest BCUT2D eigenvalue weighted by atomic mass is 32.1. The van der Waals surface area contributed by atoms with Gasteiger partial charge in [-0.3, -0.25) is 14.4 Å². The predicted molar refractivity (Wildman–Crippen MR) is 87.7 cm³/mol. The van der Waals surface area contributed by atoms with Crippen LogP contribution >= 0.6 is 11.3 Å². The fourth-order valence-electron chi connectivity index (χ4n) is 2.90. The van der Waals surface area contributed by atoms with Crippen LogP contribution in [-0.4, -0.2) is 35.4 Å². The first-order chi connectivity index (χ1) is 12.5. The maximum absolute atomic E-state index is 12.8. The Bertz CT molecular complexity index is 964. The van der Waals surface area contributed by atoms with Gasteiger partial charge in [-0.2, -0.15) is 0 Å². The Morgan fingerprint density at radius 3 is 2.46 bits per heavy atom. The third kappa shape index (κ3) is 2.32. The number of anilines is 1. The second kappa shape index (κ2) is 5.88. The molecule has 0 bridgehead atoms. The van der Waals surface area contributed by atoms with E-state index in [1.807, 2.05) is 0 Å². The van der Waals surface area contributed by atoms with Crippen LogP contribution in [0.4, 0.5) is 5.69 Å². The first-order valence-corrected chi connectivity index (χ1v) is 8.38. The van der Waals surface area contributed by atoms with Gasteiger partial charge in [0, 0.05) is 0 Å². The van der Waals surface area contributed by atoms with Gasteiger partial charge in [0.1, 0.15) is 11.6 Å². The zero-order valence-corrected chi connectivity index (χ0v) is 13.8. The van der Waals surface area contributed by atoms with Gasteiger partial charge in [-0.05, 0) is 29.1 Å². The van der Waals surface area contributed by atoms with E-state index in [-0.39, 0.29) is 17.0 Å². The summed E-state index contributed by atoms with van der Waals surface area (Å²) in [4.78, 5) is 55.0. The summed E-state index contributed by atoms with van der Waals surface area (Å²) >= 11 is 1.20. The van der Waals surface area contributed by atoms with E-state index in [1.165, 1.54) is 35.6 Å². The number of rotatable bonds is 4. The number of fused-ring (bicyclic) bond motifs is 1. The molecule has 0 unspecified atom stereocenters. The first kappa shape index (κ1) is 16.2. The Morgan fingerprint density at radius 2 is 1.85 bits per heavy atom. The van der Waals surface area contributed by atoms with Crippen molar-refractivity contribution in [2.45, 2.75) is 6.10 Å². The molecule has 130 valence electrons. The Morgan fingerprint density at radius 1 is 1.12 bits per heavy atom. The number of hydrogen-bond donors (Lipinski definition) is 0. The van der Waals surface area contributed by atoms with Gasteiger partial charge < -0.3 is 14.7 Å². The third-order valence-electron chi connectivity index (χ3n) is 4.15. The highest BCUT2D eigenvalue weighted by Crippen LogP contribution is 2.34. The summed E-state index contributed by atoms with van der Waals surface area (Å²) in [6.07, 6.45) is -1.19. The molecular formula is C17H9N2O6S-. The minimum absolute atomic E-state index is 0.0839. The molecule has 26 heavy (non-hydrogen) atoms. The van der Waals surface area contributed by atoms with Gasteiger partial charge in [-0.25, -0.2) is 4.90 Å². The largest absolute Gasteiger partial charge is 0.545 e. The van der Waals surface area contributed by atoms with Crippen molar-refractivity contribution in [3.63, 3.8) is 0 Å². The fourth-order valence-corrected chi connectivity index (χ4v) is 3.57. The summed E-state index contributed by atoms with van der Waals surface area (Å²) in [5, 5.41) is 16.2. The first-order valence-electron chi connectivity index (χ1n) is 7.50. The SMILES string of the molecule is O=C([O-])c1ccc(N2C(=O)[C@H]3C(C(=O)c4cccs4)=NO[C@H]3C2=O)cc1. The van der Waals surface area contributed by atoms with Crippen LogP contribution in [0.15, 0.2) is 46.9 Å². The maximum Gasteiger partial charge on any atom is 0.278 e. The zero-order chi connectivity index (χ0) is 18.4. The molecule has 2 aromatic rings. The number of carbonyl (C=O) groups is 4. The van der Waals surface area contributed by atoms with E-state index in [1.54, 1.807) is 17.5 Å². The van der Waals surface area contributed by atoms with Crippen LogP contribution in [0.3, 0.4) is 0 Å². The summed E-state index contributed by atoms with van der Waals surface area (Å²) in [7, 11) is 0. The van der Waals surface area contributed by atoms with Crippen LogP contribution in [0, 0.1) is 5.92 Å². The van der Waals surface area contributed by atoms with Crippen molar-refractivity contribution >= 4 is 46.3 Å². The number of amides is 2. The molecule has 3 heterocycles. The van der Waals surface area contributed by atoms with Crippen molar-refractivity contribution in [1.29, 1.82) is 0 Å². The molecule has 0 N–H and O–H groups in total. The molecule has 0 radical (unpaired) electrons. The number of carbonyl (C=O) groups excluding carboxylic acids is 4. The Balaban J connectivity index is 1.64. The van der Waals surface area contributed by atoms with Gasteiger partial charge in [0.25, 0.3) is 5.91 Å². The number of benzene rings is 1. The van der Waals surface area contributed by atoms with Crippen LogP contribution in [0.5, 0.6) is 0 Å². The highest BCUT2D eigenvalue weighted by Gasteiger charge is 2.57. The highest BCUT2D eigenvalue weighted by molar-refractivity contribution is 7.13. The Kier molecular flexibility index (Phi) is 3.66. The molecule has 1 aromatic carbocycles. The van der Waals surface area contributed by atoms with Gasteiger partial charge in [0.05, 0.1) is 16.5 Å². The molecule has 1 fully saturated rings. The number of Topliss-reactive ketones (excluding diaryl/α,β-unsaturated/α-hetero) is 1. The minimum atomic E-state index is -1.37. The van der Waals surface area contributed by atoms with Crippen LogP contribution in [-0.2, 0) is 14.4 Å². The van der Waals surface area contributed by atoms with Crippen molar-refractivity contribution < 1.29 is 29.1 Å². The standard InChI is InChI=1S/C17H10N2O6S/c20-13(10-2-1-7-26-10)12-11-14(25-18-12)16(22)19(15(11)21)9-5-3-8(4-6-9)17(23)24/h1-7,11,14H,(H,23,24)/p-1/t11-,14+/m0/s1. The number of imide groups is 1. The number of aromatic carboxylic acids is 1. The third-order valence-corrected chi connectivity index (χ3v) is 5.02. The number of oxime groups is 1. The van der Waals surface area contributed by atoms with E-state index in [9.17, 15) is 24.3 Å². The van der Waals surface area contributed by atoms with E-state index >= 15 is 0 Å². The minimum Gasteiger partial charge on any atom is -0.545 e. The molecule has 2 aliphatic heterocycles. The number of thiophene rings is 1. The van der Waals surface area contributed by atoms with E-state index in [2.05, 4.69) is 5.16 Å². The van der Waals surface area contributed by atoms with E-state index in [4.69, 9.17) is 4.84 Å². The molecule has 1 aromatic heterocycles. The molecule has 0 aliphatic carbocycles. The molecule has 0 saturated carbocycles. The zero-order valence-electron chi connectivity index (χ0n) is 12.9. The lowest BCUT2D eigenvalue weighted by Crippen LogP contribution is -2.34. The average Bonchev–Trinajstić information content (AvgIpc) is 3.35. The van der Waals surface area contributed by atoms with Gasteiger partial charge in [0.2, 0.25) is 17.8 Å². The van der Waals surface area contributed by atoms with Crippen molar-refractivity contribution in [2.24, 2.45) is 11.1 Å². The smallest absolute Gasteiger partial charge is 0.278 e. The van der Waals surface area contributed by atoms with Crippen molar-refractivity contribution in [2.75, 3.05) is 4.90 Å². The molecule has 4 rings (SSSR count). The van der Waals surface area contributed by atoms with Crippen molar-refractivity contribution in [3.8, 4) is 0 Å². The summed E-state index contributed by atoms with van der Waals surface area (Å²) in [6.45, 7) is 0. The average molecular weight is 369 g/mol. The van der Waals surface area contributed by atoms with Gasteiger partial charge in [0.15, 0.2) is 0 Å². The Labute approximate surface area is 150 Å². The van der Waals surface area contributed by atoms with E-state index in [0.717, 1.165) is 4.90 Å². The predicted octanol–water partition coefficient (Wildman–Crippen LogP) is 0.239. The summed E-state index contributed by atoms with van der Waals surface area (Å²) in [5.74, 6) is -4.23. The van der Waals surface area contributed by atoms with Crippen molar-refractivity contribution in [3.05, 3.63) is 52.2 Å². The number of carboxylic acids is 1. The van der Waals surface area contributed by atoms with E-state index in [0.29, 0.717) is 4.88 Å². The maximum atomic E-state index is 12.8. The van der Waals surface area contributed by atoms with Crippen LogP contribution < -0.4 is 10.0 Å². The molecule has 2 amide bonds. The lowest BCUT2D eigenvalue weighted by Gasteiger charge is -2.15. The lowest BCUT2D eigenvalue weighted by atomic mass is 9.96. The van der Waals surface area contributed by atoms with Crippen LogP contribution in [0.2, 0.25) is 0 Å². The molecule has 9 heteroatoms. The normalized spacial score (nSPS) is 21.4. The van der Waals surface area contributed by atoms with Gasteiger partial charge in [-0.1, -0.05) is 23.4 Å². The summed E-state index contributed by atoms with van der Waals surface area (Å²) in [5.41, 5.74) is -0.00464. The summed E-state index contributed by atoms with van der Waals surface area (Å²) in [6, 6.07) is 8.39. The molecule has 0 spiro atoms. The Hall–Kier alpha value is -3.33. The van der Waals surface area contributed by atoms with Crippen LogP contribution in [0.25, 0.3) is 0 Å². The molecule has 1 saturated heterocycles. The number of nitrogens with zero attached hydrogens (tertiary/aromatic N) is 2. The molecule has 2 atom stereocenters. The monoisotopic (exact) mass is 369 g/mol. The summed E-state index contributed by atoms with van der Waals surface area (Å²) < 4.78 is 0. The fraction of sp³-hybridized carbons (Fsp3) is 0.118. The van der Waals surface area contributed by atoms with Crippen LogP contribution in [0.1, 0.15) is 20.0 Å². The second-order valence-corrected chi connectivity index (χ2v) is 6.58. The number of carboxylic acid groups (broad SMARTS) is 1. The van der Waals surface area contributed by atoms with Gasteiger partial charge >= 0.3 is 0 Å². The molecular weight excluding hydrogens is 360 g/mol. The topological polar surface area (TPSA) is 116 Å². The van der Waals surface area contributed by atoms with Crippen molar-refractivity contribution in [1.82, 2.24) is 0 Å². The second-order valence-electron chi connectivity index (χ2n) is 5.63. The quantitative estimate of drug-likeness (QED) is 0.563. The lowest BCUT2D eigenvalue weighted by molar-refractivity contribution is -0.255. The molecule has 8 nitrogen and oxygen atoms in total. The number of hydrogen-bond acceptors (Lipinski definition) is 8.